The Bertz CT molecular complexity index is 1000. The van der Waals surface area contributed by atoms with E-state index in [1.165, 1.54) is 47.2 Å². The molecule has 35 heavy (non-hydrogen) atoms. The zero-order valence-corrected chi connectivity index (χ0v) is 23.1. The number of hydrogen-bond donors (Lipinski definition) is 0. The lowest BCUT2D eigenvalue weighted by Gasteiger charge is -2.28. The van der Waals surface area contributed by atoms with Crippen molar-refractivity contribution in [1.82, 2.24) is 0 Å². The first kappa shape index (κ1) is 27.2. The summed E-state index contributed by atoms with van der Waals surface area (Å²) in [6.45, 7) is 3.06. The highest BCUT2D eigenvalue weighted by Gasteiger charge is 2.45. The predicted octanol–water partition coefficient (Wildman–Crippen LogP) is 4.53. The molecule has 182 valence electrons. The number of rotatable bonds is 12. The molecule has 0 saturated carbocycles. The molecule has 0 aliphatic heterocycles. The highest BCUT2D eigenvalue weighted by Crippen LogP contribution is 2.58. The van der Waals surface area contributed by atoms with Gasteiger partial charge in [-0.25, -0.2) is 0 Å². The summed E-state index contributed by atoms with van der Waals surface area (Å²) in [6, 6.07) is 42.1. The Morgan fingerprint density at radius 2 is 1.00 bits per heavy atom. The van der Waals surface area contributed by atoms with Gasteiger partial charge in [0.05, 0.1) is 12.8 Å². The molecule has 0 N–H and O–H groups in total. The fourth-order valence-electron chi connectivity index (χ4n) is 4.63. The average molecular weight is 548 g/mol. The molecule has 1 nitrogen and oxygen atoms in total. The maximum Gasteiger partial charge on any atom is 0.119 e. The first-order chi connectivity index (χ1) is 16.8. The van der Waals surface area contributed by atoms with Crippen molar-refractivity contribution in [2.24, 2.45) is 0 Å². The highest BCUT2D eigenvalue weighted by atomic mass is 79.9. The van der Waals surface area contributed by atoms with Crippen LogP contribution >= 0.6 is 7.26 Å². The van der Waals surface area contributed by atoms with Gasteiger partial charge in [0.25, 0.3) is 0 Å². The lowest BCUT2D eigenvalue weighted by atomic mass is 10.2. The smallest absolute Gasteiger partial charge is 0.119 e. The molecule has 0 aromatic heterocycles. The number of hydrogen-bond acceptors (Lipinski definition) is 1. The average Bonchev–Trinajstić information content (AvgIpc) is 2.91. The van der Waals surface area contributed by atoms with E-state index in [0.717, 1.165) is 24.9 Å². The molecule has 4 rings (SSSR count). The molecule has 0 heterocycles. The second-order valence-corrected chi connectivity index (χ2v) is 12.4. The van der Waals surface area contributed by atoms with Gasteiger partial charge in [0, 0.05) is 0 Å². The van der Waals surface area contributed by atoms with Crippen LogP contribution in [0, 0.1) is 0 Å². The minimum absolute atomic E-state index is 0. The third-order valence-electron chi connectivity index (χ3n) is 6.45. The second kappa shape index (κ2) is 14.2. The third-order valence-corrected chi connectivity index (χ3v) is 10.8. The van der Waals surface area contributed by atoms with Crippen molar-refractivity contribution in [3.63, 3.8) is 0 Å². The third kappa shape index (κ3) is 7.06. The van der Waals surface area contributed by atoms with Gasteiger partial charge in [0.1, 0.15) is 28.9 Å². The van der Waals surface area contributed by atoms with Crippen molar-refractivity contribution >= 4 is 23.2 Å². The Morgan fingerprint density at radius 1 is 0.543 bits per heavy atom. The number of benzene rings is 4. The molecule has 0 aliphatic carbocycles. The summed E-state index contributed by atoms with van der Waals surface area (Å²) >= 11 is 0. The first-order valence-corrected chi connectivity index (χ1v) is 14.6. The van der Waals surface area contributed by atoms with Crippen LogP contribution in [-0.4, -0.2) is 6.61 Å². The minimum atomic E-state index is -1.87. The molecule has 0 spiro atoms. The Morgan fingerprint density at radius 3 is 1.46 bits per heavy atom. The van der Waals surface area contributed by atoms with Crippen LogP contribution in [0.2, 0.25) is 0 Å². The second-order valence-electron chi connectivity index (χ2n) is 8.88. The van der Waals surface area contributed by atoms with Crippen LogP contribution in [0.3, 0.4) is 0 Å². The molecule has 0 saturated heterocycles. The van der Waals surface area contributed by atoms with E-state index >= 15 is 0 Å². The fourth-order valence-corrected chi connectivity index (χ4v) is 8.87. The van der Waals surface area contributed by atoms with E-state index in [2.05, 4.69) is 122 Å². The molecule has 3 heteroatoms. The van der Waals surface area contributed by atoms with Gasteiger partial charge in [-0.1, -0.05) is 99.3 Å². The van der Waals surface area contributed by atoms with Crippen molar-refractivity contribution in [3.8, 4) is 5.75 Å². The summed E-state index contributed by atoms with van der Waals surface area (Å²) < 4.78 is 6.03. The molecule has 0 radical (unpaired) electrons. The highest BCUT2D eigenvalue weighted by molar-refractivity contribution is 7.95. The van der Waals surface area contributed by atoms with Gasteiger partial charge in [-0.3, -0.25) is 0 Å². The molecule has 4 aromatic rings. The van der Waals surface area contributed by atoms with E-state index < -0.39 is 7.26 Å². The predicted molar refractivity (Wildman–Crippen MR) is 150 cm³/mol. The van der Waals surface area contributed by atoms with Gasteiger partial charge in [0.15, 0.2) is 0 Å². The molecular formula is C32H36BrOP. The summed E-state index contributed by atoms with van der Waals surface area (Å²) in [6.07, 6.45) is 7.28. The SMILES string of the molecule is CCCCCCCOc1ccc(C[P+](c2ccccc2)(c2ccccc2)c2ccccc2)cc1.[Br-]. The van der Waals surface area contributed by atoms with Gasteiger partial charge in [-0.15, -0.1) is 0 Å². The van der Waals surface area contributed by atoms with Crippen LogP contribution in [0.5, 0.6) is 5.75 Å². The molecular weight excluding hydrogens is 511 g/mol. The zero-order valence-electron chi connectivity index (χ0n) is 20.7. The van der Waals surface area contributed by atoms with Crippen LogP contribution < -0.4 is 37.6 Å². The van der Waals surface area contributed by atoms with Crippen molar-refractivity contribution in [3.05, 3.63) is 121 Å². The summed E-state index contributed by atoms with van der Waals surface area (Å²) in [5, 5.41) is 4.25. The maximum absolute atomic E-state index is 6.03. The molecule has 0 aliphatic rings. The quantitative estimate of drug-likeness (QED) is 0.187. The Labute approximate surface area is 222 Å². The van der Waals surface area contributed by atoms with Crippen LogP contribution in [0.4, 0.5) is 0 Å². The van der Waals surface area contributed by atoms with Crippen LogP contribution in [0.25, 0.3) is 0 Å². The first-order valence-electron chi connectivity index (χ1n) is 12.6. The Kier molecular flexibility index (Phi) is 11.0. The molecule has 0 amide bonds. The number of ether oxygens (including phenoxy) is 1. The van der Waals surface area contributed by atoms with Gasteiger partial charge in [-0.05, 0) is 60.5 Å². The summed E-state index contributed by atoms with van der Waals surface area (Å²) in [5.41, 5.74) is 1.35. The molecule has 0 unspecified atom stereocenters. The zero-order chi connectivity index (χ0) is 23.5. The van der Waals surface area contributed by atoms with Crippen molar-refractivity contribution < 1.29 is 21.7 Å². The summed E-state index contributed by atoms with van der Waals surface area (Å²) in [7, 11) is -1.87. The molecule has 0 bridgehead atoms. The maximum atomic E-state index is 6.03. The van der Waals surface area contributed by atoms with E-state index in [1.807, 2.05) is 0 Å². The van der Waals surface area contributed by atoms with E-state index in [9.17, 15) is 0 Å². The minimum Gasteiger partial charge on any atom is -1.00 e. The Hall–Kier alpha value is -2.41. The lowest BCUT2D eigenvalue weighted by Crippen LogP contribution is -3.00. The van der Waals surface area contributed by atoms with E-state index in [4.69, 9.17) is 4.74 Å². The number of halogens is 1. The van der Waals surface area contributed by atoms with Gasteiger partial charge < -0.3 is 21.7 Å². The van der Waals surface area contributed by atoms with Crippen LogP contribution in [0.15, 0.2) is 115 Å². The monoisotopic (exact) mass is 546 g/mol. The normalized spacial score (nSPS) is 11.0. The van der Waals surface area contributed by atoms with Crippen LogP contribution in [-0.2, 0) is 6.16 Å². The molecule has 0 atom stereocenters. The summed E-state index contributed by atoms with van der Waals surface area (Å²) in [5.74, 6) is 0.974. The van der Waals surface area contributed by atoms with Gasteiger partial charge in [0.2, 0.25) is 0 Å². The van der Waals surface area contributed by atoms with Gasteiger partial charge >= 0.3 is 0 Å². The van der Waals surface area contributed by atoms with Crippen molar-refractivity contribution in [2.75, 3.05) is 6.61 Å². The van der Waals surface area contributed by atoms with Crippen LogP contribution in [0.1, 0.15) is 44.6 Å². The fraction of sp³-hybridized carbons (Fsp3) is 0.250. The van der Waals surface area contributed by atoms with E-state index in [-0.39, 0.29) is 17.0 Å². The lowest BCUT2D eigenvalue weighted by molar-refractivity contribution is -0.00000728. The van der Waals surface area contributed by atoms with E-state index in [0.29, 0.717) is 0 Å². The van der Waals surface area contributed by atoms with Crippen molar-refractivity contribution in [1.29, 1.82) is 0 Å². The standard InChI is InChI=1S/C32H36OP.BrH/c1-2-3-4-5-15-26-33-29-24-22-28(23-25-29)27-34(30-16-9-6-10-17-30,31-18-11-7-12-19-31)32-20-13-8-14-21-32;/h6-14,16-25H,2-5,15,26-27H2,1H3;1H/q+1;/p-1. The van der Waals surface area contributed by atoms with Crippen molar-refractivity contribution in [2.45, 2.75) is 45.2 Å². The molecule has 4 aromatic carbocycles. The Balaban J connectivity index is 0.00000342. The summed E-state index contributed by atoms with van der Waals surface area (Å²) in [4.78, 5) is 0. The van der Waals surface area contributed by atoms with Gasteiger partial charge in [-0.2, -0.15) is 0 Å². The topological polar surface area (TPSA) is 9.23 Å². The number of unbranched alkanes of at least 4 members (excludes halogenated alkanes) is 4. The molecule has 0 fully saturated rings. The largest absolute Gasteiger partial charge is 1.00 e. The van der Waals surface area contributed by atoms with E-state index in [1.54, 1.807) is 0 Å².